The number of aryl methyl sites for hydroxylation is 20. The van der Waals surface area contributed by atoms with Crippen molar-refractivity contribution >= 4 is 0 Å². The summed E-state index contributed by atoms with van der Waals surface area (Å²) in [6, 6.07) is 87.6. The van der Waals surface area contributed by atoms with Gasteiger partial charge in [0.2, 0.25) is 28.5 Å². The predicted molar refractivity (Wildman–Crippen MR) is 522 cm³/mol. The van der Waals surface area contributed by atoms with Crippen LogP contribution in [0.4, 0.5) is 0 Å². The second kappa shape index (κ2) is 40.2. The van der Waals surface area contributed by atoms with Crippen molar-refractivity contribution in [2.75, 3.05) is 0 Å². The number of aromatic nitrogens is 5. The summed E-state index contributed by atoms with van der Waals surface area (Å²) < 4.78 is 228. The lowest BCUT2D eigenvalue weighted by molar-refractivity contribution is -0.660. The smallest absolute Gasteiger partial charge is 0.201 e. The highest BCUT2D eigenvalue weighted by molar-refractivity contribution is 5.82. The molecule has 0 saturated heterocycles. The van der Waals surface area contributed by atoms with Crippen molar-refractivity contribution in [2.45, 2.75) is 143 Å². The first-order valence-corrected chi connectivity index (χ1v) is 41.3. The normalized spacial score (nSPS) is 15.2. The van der Waals surface area contributed by atoms with E-state index in [0.29, 0.717) is 66.9 Å². The van der Waals surface area contributed by atoms with Gasteiger partial charge >= 0.3 is 0 Å². The summed E-state index contributed by atoms with van der Waals surface area (Å²) in [6.07, 6.45) is 7.84. The maximum atomic E-state index is 8.47. The molecule has 5 heteroatoms. The van der Waals surface area contributed by atoms with E-state index in [4.69, 9.17) is 37.0 Å². The molecular formula is C118H128N5+5. The van der Waals surface area contributed by atoms with E-state index < -0.39 is 67.1 Å². The van der Waals surface area contributed by atoms with E-state index in [-0.39, 0.29) is 39.3 Å². The van der Waals surface area contributed by atoms with Gasteiger partial charge in [-0.05, 0) is 308 Å². The molecule has 0 saturated carbocycles. The second-order valence-corrected chi connectivity index (χ2v) is 32.2. The molecule has 0 aliphatic carbocycles. The number of hydrogen-bond acceptors (Lipinski definition) is 0. The molecule has 123 heavy (non-hydrogen) atoms. The molecule has 0 unspecified atom stereocenters. The van der Waals surface area contributed by atoms with Crippen LogP contribution in [0.5, 0.6) is 0 Å². The van der Waals surface area contributed by atoms with Gasteiger partial charge in [-0.25, -0.2) is 22.8 Å². The van der Waals surface area contributed by atoms with Gasteiger partial charge in [-0.1, -0.05) is 227 Å². The van der Waals surface area contributed by atoms with Gasteiger partial charge < -0.3 is 0 Å². The first-order chi connectivity index (χ1) is 69.7. The quantitative estimate of drug-likeness (QED) is 0.0967. The summed E-state index contributed by atoms with van der Waals surface area (Å²) in [4.78, 5) is 0. The Morgan fingerprint density at radius 1 is 0.252 bits per heavy atom. The highest BCUT2D eigenvalue weighted by Crippen LogP contribution is 2.39. The minimum atomic E-state index is -2.75. The molecule has 11 aromatic carbocycles. The zero-order chi connectivity index (χ0) is 111. The molecular weight excluding hydrogens is 1490 g/mol. The molecule has 620 valence electrons. The summed E-state index contributed by atoms with van der Waals surface area (Å²) in [7, 11) is 9.60. The van der Waals surface area contributed by atoms with Crippen LogP contribution in [0.15, 0.2) is 316 Å². The minimum absolute atomic E-state index is 0.0362. The standard InChI is InChI=1S/C30H32N.C24H28N.C23H26N.C21H22N.C20H20N/c1-19-13-22(4)30(23(5)14-19)28-17-29(31(7)18-24(28)6)27-16-26(20(2)15-21(27)3)25-11-9-8-10-12-25;1-17(2)14-20-12-13-25(5)24(15-20)23-16-21(11-10-19(23)4)22-9-7-6-8-18(22)3;1-16(2)19-12-13-24(5)23(15-19)22-14-20(11-10-18(22)4)21-9-7-6-8-17(21)3;1-15-11-12-22(4)21(13-15)20-14-18(10-9-17(20)3)19-8-6-5-7-16(19)2;1-15-8-4-5-9-18(15)17-12-11-16(2)19(14-17)20-10-6-7-13-21(20)3/h8-18H,1-7H3;6-13,15-17H,14H2,1-5H3;6-16H,1-5H3;5-14H,1-4H3;4-14H,1-3H3/q5*+1/i2D3,4D3,5D3,6D3;3D3,14D2;3D3,16D;2D3;1D3. The van der Waals surface area contributed by atoms with E-state index in [2.05, 4.69) is 78.4 Å². The Bertz CT molecular complexity index is 7580. The zero-order valence-corrected chi connectivity index (χ0v) is 73.3. The first-order valence-electron chi connectivity index (χ1n) is 54.8. The summed E-state index contributed by atoms with van der Waals surface area (Å²) >= 11 is 0. The van der Waals surface area contributed by atoms with Crippen LogP contribution in [0.1, 0.15) is 165 Å². The zero-order valence-electron chi connectivity index (χ0n) is 100. The Labute approximate surface area is 774 Å². The molecule has 0 radical (unpaired) electrons. The van der Waals surface area contributed by atoms with Crippen LogP contribution in [0.25, 0.3) is 123 Å². The largest absolute Gasteiger partial charge is 0.213 e. The van der Waals surface area contributed by atoms with E-state index in [1.165, 1.54) is 30.0 Å². The Hall–Kier alpha value is -12.8. The third-order valence-electron chi connectivity index (χ3n) is 22.3. The molecule has 5 nitrogen and oxygen atoms in total. The summed E-state index contributed by atoms with van der Waals surface area (Å²) in [5, 5.41) is 0. The number of nitrogens with zero attached hydrogens (tertiary/aromatic N) is 5. The molecule has 5 aromatic heterocycles. The monoisotopic (exact) mass is 1640 g/mol. The van der Waals surface area contributed by atoms with Crippen LogP contribution >= 0.6 is 0 Å². The van der Waals surface area contributed by atoms with Crippen LogP contribution in [-0.4, -0.2) is 0 Å². The molecule has 0 N–H and O–H groups in total. The van der Waals surface area contributed by atoms with E-state index in [1.807, 2.05) is 237 Å². The van der Waals surface area contributed by atoms with Gasteiger partial charge in [0.15, 0.2) is 31.0 Å². The Morgan fingerprint density at radius 3 is 1.09 bits per heavy atom. The molecule has 5 heterocycles. The lowest BCUT2D eigenvalue weighted by Crippen LogP contribution is -2.31. The molecule has 16 aromatic rings. The lowest BCUT2D eigenvalue weighted by Gasteiger charge is -2.16. The average molecular weight is 1640 g/mol. The van der Waals surface area contributed by atoms with Crippen LogP contribution in [-0.2, 0) is 41.6 Å². The topological polar surface area (TPSA) is 19.4 Å². The molecule has 0 aliphatic heterocycles. The summed E-state index contributed by atoms with van der Waals surface area (Å²) in [5.74, 6) is -0.848. The van der Waals surface area contributed by atoms with Gasteiger partial charge in [0, 0.05) is 125 Å². The minimum Gasteiger partial charge on any atom is -0.201 e. The van der Waals surface area contributed by atoms with Gasteiger partial charge in [-0.3, -0.25) is 0 Å². The van der Waals surface area contributed by atoms with Crippen molar-refractivity contribution in [1.29, 1.82) is 0 Å². The molecule has 0 spiro atoms. The van der Waals surface area contributed by atoms with Crippen molar-refractivity contribution in [3.63, 3.8) is 0 Å². The van der Waals surface area contributed by atoms with E-state index in [9.17, 15) is 0 Å². The fraction of sp³-hybridized carbons (Fsp3) is 0.229. The number of benzene rings is 11. The van der Waals surface area contributed by atoms with Crippen molar-refractivity contribution in [1.82, 2.24) is 0 Å². The maximum absolute atomic E-state index is 8.47. The Balaban J connectivity index is 0.000000169. The fourth-order valence-electron chi connectivity index (χ4n) is 15.4. The molecule has 0 amide bonds. The third kappa shape index (κ3) is 21.6. The van der Waals surface area contributed by atoms with Crippen molar-refractivity contribution < 1.29 is 59.8 Å². The van der Waals surface area contributed by atoms with Gasteiger partial charge in [0.1, 0.15) is 35.2 Å². The number of pyridine rings is 5. The van der Waals surface area contributed by atoms with Gasteiger partial charge in [0.05, 0.1) is 0 Å². The SMILES string of the molecule is [2H]C([2H])([2H])c1cc(C)c(-c2cc(-c3c(C([2H])([2H])[2H])cc(C)cc3C([2H])([2H])[2H])c(C([2H])([2H])[2H])c[n+]2C)cc1-c1ccccc1.[2H]C([2H])([2H])c1ccccc1-c1ccc(C)c(-c2cc(C([2H])(C)C)cc[n+]2C)c1.[2H]C([2H])([2H])c1ccccc1-c1ccc(C)c(-c2cc(C([2H])([2H])C(C)C)cc[n+]2C)c1.[2H]C([2H])([2H])c1ccccc1-c1ccc(C)c(-c2cc(C)cc[n+]2C)c1.[2H]C([2H])([2H])c1ccccc1-c1ccc(C)c(-c2cccc[n+]2C)c1. The van der Waals surface area contributed by atoms with Crippen LogP contribution in [0.2, 0.25) is 0 Å². The highest BCUT2D eigenvalue weighted by atomic mass is 14.9. The van der Waals surface area contributed by atoms with E-state index in [0.717, 1.165) is 112 Å². The molecule has 0 atom stereocenters. The second-order valence-electron chi connectivity index (χ2n) is 32.2. The Morgan fingerprint density at radius 2 is 0.642 bits per heavy atom. The maximum Gasteiger partial charge on any atom is 0.213 e. The Kier molecular flexibility index (Phi) is 19.6. The van der Waals surface area contributed by atoms with Crippen LogP contribution in [0.3, 0.4) is 0 Å². The number of rotatable bonds is 14. The average Bonchev–Trinajstić information content (AvgIpc) is 0.731. The summed E-state index contributed by atoms with van der Waals surface area (Å²) in [5.41, 5.74) is 25.9. The molecule has 0 bridgehead atoms. The highest BCUT2D eigenvalue weighted by Gasteiger charge is 2.24. The third-order valence-corrected chi connectivity index (χ3v) is 22.3. The molecule has 0 aliphatic rings. The molecule has 0 fully saturated rings. The lowest BCUT2D eigenvalue weighted by atomic mass is 9.89. The van der Waals surface area contributed by atoms with Gasteiger partial charge in [-0.15, -0.1) is 0 Å². The van der Waals surface area contributed by atoms with Crippen molar-refractivity contribution in [3.8, 4) is 123 Å². The van der Waals surface area contributed by atoms with Crippen molar-refractivity contribution in [2.24, 2.45) is 41.2 Å². The predicted octanol–water partition coefficient (Wildman–Crippen LogP) is 27.8. The first kappa shape index (κ1) is 59.8. The van der Waals surface area contributed by atoms with Gasteiger partial charge in [-0.2, -0.15) is 0 Å². The summed E-state index contributed by atoms with van der Waals surface area (Å²) in [6.45, 7) is 1.89. The van der Waals surface area contributed by atoms with Crippen molar-refractivity contribution in [3.05, 3.63) is 411 Å². The van der Waals surface area contributed by atoms with Crippen LogP contribution < -0.4 is 22.8 Å². The van der Waals surface area contributed by atoms with Crippen LogP contribution in [0, 0.1) is 109 Å². The molecule has 16 rings (SSSR count). The number of hydrogen-bond donors (Lipinski definition) is 0. The van der Waals surface area contributed by atoms with E-state index >= 15 is 0 Å². The van der Waals surface area contributed by atoms with E-state index in [1.54, 1.807) is 110 Å². The fourth-order valence-corrected chi connectivity index (χ4v) is 15.4. The van der Waals surface area contributed by atoms with Gasteiger partial charge in [0.25, 0.3) is 0 Å².